The Bertz CT molecular complexity index is 1280. The van der Waals surface area contributed by atoms with Crippen molar-refractivity contribution in [2.75, 3.05) is 25.5 Å². The number of benzene rings is 2. The van der Waals surface area contributed by atoms with Gasteiger partial charge in [0, 0.05) is 31.0 Å². The average molecular weight is 485 g/mol. The van der Waals surface area contributed by atoms with Crippen molar-refractivity contribution in [2.24, 2.45) is 5.92 Å². The van der Waals surface area contributed by atoms with Gasteiger partial charge in [-0.15, -0.1) is 0 Å². The van der Waals surface area contributed by atoms with E-state index in [1.54, 1.807) is 44.4 Å². The summed E-state index contributed by atoms with van der Waals surface area (Å²) in [4.78, 5) is 17.3. The molecule has 0 spiro atoms. The van der Waals surface area contributed by atoms with Gasteiger partial charge in [-0.1, -0.05) is 36.3 Å². The van der Waals surface area contributed by atoms with Gasteiger partial charge in [-0.2, -0.15) is 9.29 Å². The fourth-order valence-electron chi connectivity index (χ4n) is 4.01. The van der Waals surface area contributed by atoms with Crippen LogP contribution in [0.4, 0.5) is 5.69 Å². The molecule has 0 radical (unpaired) electrons. The van der Waals surface area contributed by atoms with Crippen LogP contribution in [-0.4, -0.2) is 49.0 Å². The first-order chi connectivity index (χ1) is 16.3. The molecule has 0 aliphatic carbocycles. The van der Waals surface area contributed by atoms with E-state index < -0.39 is 10.0 Å². The number of para-hydroxylation sites is 2. The third-order valence-electron chi connectivity index (χ3n) is 6.02. The zero-order valence-electron chi connectivity index (χ0n) is 19.4. The molecule has 0 atom stereocenters. The van der Waals surface area contributed by atoms with Crippen molar-refractivity contribution in [1.29, 1.82) is 0 Å². The molecule has 1 N–H and O–H groups in total. The molecule has 1 aromatic heterocycles. The lowest BCUT2D eigenvalue weighted by atomic mass is 9.97. The van der Waals surface area contributed by atoms with Crippen molar-refractivity contribution in [2.45, 2.75) is 38.0 Å². The first-order valence-electron chi connectivity index (χ1n) is 11.2. The van der Waals surface area contributed by atoms with Crippen molar-refractivity contribution >= 4 is 21.6 Å². The number of hydrogen-bond acceptors (Lipinski definition) is 7. The summed E-state index contributed by atoms with van der Waals surface area (Å²) in [6.07, 6.45) is 1.47. The van der Waals surface area contributed by atoms with E-state index in [0.29, 0.717) is 53.5 Å². The Labute approximate surface area is 199 Å². The highest BCUT2D eigenvalue weighted by Gasteiger charge is 2.33. The lowest BCUT2D eigenvalue weighted by Gasteiger charge is -2.31. The van der Waals surface area contributed by atoms with E-state index in [1.807, 2.05) is 19.1 Å². The van der Waals surface area contributed by atoms with Crippen LogP contribution in [0.25, 0.3) is 11.4 Å². The highest BCUT2D eigenvalue weighted by atomic mass is 32.2. The average Bonchev–Trinajstić information content (AvgIpc) is 3.34. The molecule has 0 saturated carbocycles. The molecule has 2 heterocycles. The molecule has 1 saturated heterocycles. The van der Waals surface area contributed by atoms with Crippen LogP contribution in [0.15, 0.2) is 51.9 Å². The molecule has 2 aromatic carbocycles. The lowest BCUT2D eigenvalue weighted by Crippen LogP contribution is -2.41. The van der Waals surface area contributed by atoms with Crippen molar-refractivity contribution in [3.8, 4) is 17.1 Å². The maximum atomic E-state index is 13.4. The van der Waals surface area contributed by atoms with E-state index in [0.717, 1.165) is 0 Å². The van der Waals surface area contributed by atoms with Crippen LogP contribution in [0.3, 0.4) is 0 Å². The van der Waals surface area contributed by atoms with E-state index in [2.05, 4.69) is 15.5 Å². The Kier molecular flexibility index (Phi) is 6.99. The van der Waals surface area contributed by atoms with Crippen molar-refractivity contribution in [1.82, 2.24) is 14.4 Å². The number of aryl methyl sites for hydroxylation is 2. The molecule has 9 nitrogen and oxygen atoms in total. The quantitative estimate of drug-likeness (QED) is 0.544. The maximum Gasteiger partial charge on any atom is 0.243 e. The van der Waals surface area contributed by atoms with E-state index in [4.69, 9.17) is 9.26 Å². The number of anilines is 1. The van der Waals surface area contributed by atoms with Crippen LogP contribution >= 0.6 is 0 Å². The molecule has 1 aliphatic heterocycles. The van der Waals surface area contributed by atoms with Gasteiger partial charge < -0.3 is 14.6 Å². The van der Waals surface area contributed by atoms with Gasteiger partial charge in [0.15, 0.2) is 0 Å². The summed E-state index contributed by atoms with van der Waals surface area (Å²) < 4.78 is 38.8. The van der Waals surface area contributed by atoms with Crippen LogP contribution in [0, 0.1) is 12.8 Å². The monoisotopic (exact) mass is 484 g/mol. The predicted octanol–water partition coefficient (Wildman–Crippen LogP) is 3.66. The highest BCUT2D eigenvalue weighted by molar-refractivity contribution is 7.89. The molecular weight excluding hydrogens is 456 g/mol. The summed E-state index contributed by atoms with van der Waals surface area (Å²) in [5.41, 5.74) is 1.82. The number of sulfonamides is 1. The summed E-state index contributed by atoms with van der Waals surface area (Å²) in [5.74, 6) is 1.02. The smallest absolute Gasteiger partial charge is 0.243 e. The standard InChI is InChI=1S/C24H28N4O5S/c1-4-22-26-23(27-33-22)18-10-9-16(2)21(15-18)34(30,31)28-13-11-17(12-14-28)24(29)25-19-7-5-6-8-20(19)32-3/h5-10,15,17H,4,11-14H2,1-3H3,(H,25,29). The first kappa shape index (κ1) is 23.9. The minimum atomic E-state index is -3.75. The summed E-state index contributed by atoms with van der Waals surface area (Å²) in [6.45, 7) is 4.19. The topological polar surface area (TPSA) is 115 Å². The first-order valence-corrected chi connectivity index (χ1v) is 12.6. The number of methoxy groups -OCH3 is 1. The fourth-order valence-corrected chi connectivity index (χ4v) is 5.73. The zero-order chi connectivity index (χ0) is 24.3. The maximum absolute atomic E-state index is 13.4. The van der Waals surface area contributed by atoms with E-state index in [-0.39, 0.29) is 29.8 Å². The van der Waals surface area contributed by atoms with Crippen LogP contribution in [0.2, 0.25) is 0 Å². The number of piperidine rings is 1. The number of nitrogens with one attached hydrogen (secondary N) is 1. The van der Waals surface area contributed by atoms with E-state index in [1.165, 1.54) is 4.31 Å². The van der Waals surface area contributed by atoms with Gasteiger partial charge in [-0.25, -0.2) is 8.42 Å². The second-order valence-electron chi connectivity index (χ2n) is 8.21. The number of carbonyl (C=O) groups is 1. The van der Waals surface area contributed by atoms with Gasteiger partial charge >= 0.3 is 0 Å². The molecule has 3 aromatic rings. The second kappa shape index (κ2) is 9.94. The van der Waals surface area contributed by atoms with Crippen molar-refractivity contribution in [3.63, 3.8) is 0 Å². The Hall–Kier alpha value is -3.24. The molecule has 34 heavy (non-hydrogen) atoms. The molecular formula is C24H28N4O5S. The fraction of sp³-hybridized carbons (Fsp3) is 0.375. The summed E-state index contributed by atoms with van der Waals surface area (Å²) in [7, 11) is -2.20. The molecule has 4 rings (SSSR count). The molecule has 0 bridgehead atoms. The Balaban J connectivity index is 1.46. The number of amides is 1. The molecule has 1 fully saturated rings. The zero-order valence-corrected chi connectivity index (χ0v) is 20.3. The van der Waals surface area contributed by atoms with Gasteiger partial charge in [-0.05, 0) is 43.5 Å². The van der Waals surface area contributed by atoms with Gasteiger partial charge in [0.1, 0.15) is 5.75 Å². The third kappa shape index (κ3) is 4.83. The summed E-state index contributed by atoms with van der Waals surface area (Å²) >= 11 is 0. The number of carbonyl (C=O) groups excluding carboxylic acids is 1. The minimum Gasteiger partial charge on any atom is -0.495 e. The number of nitrogens with zero attached hydrogens (tertiary/aromatic N) is 3. The Morgan fingerprint density at radius 2 is 1.94 bits per heavy atom. The molecule has 0 unspecified atom stereocenters. The van der Waals surface area contributed by atoms with Gasteiger partial charge in [0.2, 0.25) is 27.6 Å². The van der Waals surface area contributed by atoms with Crippen LogP contribution in [0.1, 0.15) is 31.2 Å². The van der Waals surface area contributed by atoms with Gasteiger partial charge in [0.25, 0.3) is 0 Å². The van der Waals surface area contributed by atoms with Crippen molar-refractivity contribution in [3.05, 3.63) is 53.9 Å². The lowest BCUT2D eigenvalue weighted by molar-refractivity contribution is -0.120. The van der Waals surface area contributed by atoms with Crippen LogP contribution in [-0.2, 0) is 21.2 Å². The third-order valence-corrected chi connectivity index (χ3v) is 8.06. The molecule has 180 valence electrons. The number of hydrogen-bond donors (Lipinski definition) is 1. The predicted molar refractivity (Wildman–Crippen MR) is 127 cm³/mol. The summed E-state index contributed by atoms with van der Waals surface area (Å²) in [5, 5.41) is 6.85. The minimum absolute atomic E-state index is 0.136. The number of ether oxygens (including phenoxy) is 1. The Morgan fingerprint density at radius 3 is 2.62 bits per heavy atom. The molecule has 1 aliphatic rings. The van der Waals surface area contributed by atoms with Crippen molar-refractivity contribution < 1.29 is 22.5 Å². The number of aromatic nitrogens is 2. The van der Waals surface area contributed by atoms with E-state index in [9.17, 15) is 13.2 Å². The normalized spacial score (nSPS) is 15.3. The molecule has 1 amide bonds. The Morgan fingerprint density at radius 1 is 1.21 bits per heavy atom. The number of rotatable bonds is 7. The SMILES string of the molecule is CCc1nc(-c2ccc(C)c(S(=O)(=O)N3CCC(C(=O)Nc4ccccc4OC)CC3)c2)no1. The van der Waals surface area contributed by atoms with Crippen LogP contribution < -0.4 is 10.1 Å². The van der Waals surface area contributed by atoms with E-state index >= 15 is 0 Å². The highest BCUT2D eigenvalue weighted by Crippen LogP contribution is 2.30. The van der Waals surface area contributed by atoms with Gasteiger partial charge in [-0.3, -0.25) is 4.79 Å². The second-order valence-corrected chi connectivity index (χ2v) is 10.1. The summed E-state index contributed by atoms with van der Waals surface area (Å²) in [6, 6.07) is 12.3. The molecule has 10 heteroatoms. The van der Waals surface area contributed by atoms with Crippen LogP contribution in [0.5, 0.6) is 5.75 Å². The van der Waals surface area contributed by atoms with Gasteiger partial charge in [0.05, 0.1) is 17.7 Å². The largest absolute Gasteiger partial charge is 0.495 e.